The lowest BCUT2D eigenvalue weighted by Gasteiger charge is -2.32. The summed E-state index contributed by atoms with van der Waals surface area (Å²) >= 11 is 0. The Hall–Kier alpha value is -3.61. The molecule has 2 fully saturated rings. The van der Waals surface area contributed by atoms with E-state index >= 15 is 0 Å². The molecule has 1 aliphatic carbocycles. The number of piperidine rings is 1. The fourth-order valence-corrected chi connectivity index (χ4v) is 4.75. The molecule has 3 atom stereocenters. The number of amides is 2. The van der Waals surface area contributed by atoms with E-state index in [4.69, 9.17) is 10.5 Å². The summed E-state index contributed by atoms with van der Waals surface area (Å²) in [7, 11) is 1.90. The van der Waals surface area contributed by atoms with Gasteiger partial charge in [0.1, 0.15) is 11.9 Å². The van der Waals surface area contributed by atoms with Gasteiger partial charge in [-0.2, -0.15) is 0 Å². The summed E-state index contributed by atoms with van der Waals surface area (Å²) < 4.78 is 8.14. The zero-order valence-corrected chi connectivity index (χ0v) is 18.9. The highest BCUT2D eigenvalue weighted by Gasteiger charge is 2.52. The van der Waals surface area contributed by atoms with Crippen LogP contribution >= 0.6 is 0 Å². The Kier molecular flexibility index (Phi) is 5.40. The average Bonchev–Trinajstić information content (AvgIpc) is 3.49. The summed E-state index contributed by atoms with van der Waals surface area (Å²) in [5.41, 5.74) is 9.84. The first-order valence-corrected chi connectivity index (χ1v) is 11.3. The van der Waals surface area contributed by atoms with Gasteiger partial charge in [0.05, 0.1) is 24.0 Å². The quantitative estimate of drug-likeness (QED) is 0.633. The molecular weight excluding hydrogens is 416 g/mol. The maximum atomic E-state index is 12.9. The van der Waals surface area contributed by atoms with Gasteiger partial charge in [0.15, 0.2) is 0 Å². The summed E-state index contributed by atoms with van der Waals surface area (Å²) in [5.74, 6) is 0.428. The van der Waals surface area contributed by atoms with Crippen molar-refractivity contribution in [2.75, 3.05) is 6.54 Å². The minimum Gasteiger partial charge on any atom is -0.489 e. The van der Waals surface area contributed by atoms with Crippen molar-refractivity contribution in [1.29, 1.82) is 0 Å². The van der Waals surface area contributed by atoms with Crippen LogP contribution in [0.1, 0.15) is 34.3 Å². The van der Waals surface area contributed by atoms with Crippen molar-refractivity contribution in [2.45, 2.75) is 38.3 Å². The number of aromatic nitrogens is 2. The third kappa shape index (κ3) is 4.35. The number of hydrogen-bond donors (Lipinski definition) is 1. The highest BCUT2D eigenvalue weighted by molar-refractivity contribution is 5.97. The predicted octanol–water partition coefficient (Wildman–Crippen LogP) is 3.11. The molecule has 0 spiro atoms. The number of ether oxygens (including phenoxy) is 1. The van der Waals surface area contributed by atoms with Gasteiger partial charge in [-0.05, 0) is 37.1 Å². The van der Waals surface area contributed by atoms with Gasteiger partial charge in [-0.1, -0.05) is 29.8 Å². The van der Waals surface area contributed by atoms with Crippen molar-refractivity contribution in [2.24, 2.45) is 18.7 Å². The average molecular weight is 445 g/mol. The van der Waals surface area contributed by atoms with E-state index in [0.29, 0.717) is 24.3 Å². The first-order valence-electron chi connectivity index (χ1n) is 11.3. The van der Waals surface area contributed by atoms with Crippen molar-refractivity contribution in [3.8, 4) is 17.0 Å². The van der Waals surface area contributed by atoms with Crippen LogP contribution in [-0.2, 0) is 18.3 Å². The molecule has 33 heavy (non-hydrogen) atoms. The molecular formula is C26H28N4O3. The Morgan fingerprint density at radius 1 is 1.18 bits per heavy atom. The highest BCUT2D eigenvalue weighted by Crippen LogP contribution is 2.45. The summed E-state index contributed by atoms with van der Waals surface area (Å²) in [6, 6.07) is 13.8. The molecule has 2 amide bonds. The summed E-state index contributed by atoms with van der Waals surface area (Å²) in [4.78, 5) is 31.4. The molecule has 7 nitrogen and oxygen atoms in total. The zero-order chi connectivity index (χ0) is 23.1. The molecule has 1 aliphatic heterocycles. The molecule has 1 saturated heterocycles. The van der Waals surface area contributed by atoms with Crippen molar-refractivity contribution < 1.29 is 14.3 Å². The van der Waals surface area contributed by atoms with Gasteiger partial charge >= 0.3 is 0 Å². The molecule has 2 aromatic carbocycles. The van der Waals surface area contributed by atoms with E-state index in [1.807, 2.05) is 60.0 Å². The first kappa shape index (κ1) is 21.2. The van der Waals surface area contributed by atoms with E-state index in [9.17, 15) is 9.59 Å². The van der Waals surface area contributed by atoms with Crippen LogP contribution in [0.2, 0.25) is 0 Å². The van der Waals surface area contributed by atoms with Crippen molar-refractivity contribution in [3.63, 3.8) is 0 Å². The monoisotopic (exact) mass is 444 g/mol. The molecule has 3 unspecified atom stereocenters. The number of imidazole rings is 1. The van der Waals surface area contributed by atoms with Crippen LogP contribution in [0.4, 0.5) is 0 Å². The Bertz CT molecular complexity index is 1200. The number of fused-ring (bicyclic) bond motifs is 1. The van der Waals surface area contributed by atoms with E-state index in [2.05, 4.69) is 4.98 Å². The second-order valence-corrected chi connectivity index (χ2v) is 9.16. The normalized spacial score (nSPS) is 21.4. The number of carbonyl (C=O) groups excluding carboxylic acids is 2. The molecule has 0 radical (unpaired) electrons. The standard InChI is InChI=1S/C26H28N4O3/c1-16-3-5-17(6-4-16)11-25(31)30-10-9-24(19-13-22(19)30)33-23-8-7-18(12-20(23)26(27)32)21-14-29(2)15-28-21/h3-8,12,14-15,19,22,24H,9-11,13H2,1-2H3,(H2,27,32). The largest absolute Gasteiger partial charge is 0.489 e. The molecule has 1 saturated carbocycles. The molecule has 0 bridgehead atoms. The maximum Gasteiger partial charge on any atom is 0.252 e. The lowest BCUT2D eigenvalue weighted by atomic mass is 10.0. The number of aryl methyl sites for hydroxylation is 2. The molecule has 5 rings (SSSR count). The SMILES string of the molecule is Cc1ccc(CC(=O)N2CCC(Oc3ccc(-c4cn(C)cn4)cc3C(N)=O)C3CC32)cc1. The van der Waals surface area contributed by atoms with Crippen molar-refractivity contribution in [3.05, 3.63) is 71.7 Å². The summed E-state index contributed by atoms with van der Waals surface area (Å²) in [5, 5.41) is 0. The smallest absolute Gasteiger partial charge is 0.252 e. The Labute approximate surface area is 193 Å². The Balaban J connectivity index is 1.26. The molecule has 1 aromatic heterocycles. The predicted molar refractivity (Wildman–Crippen MR) is 125 cm³/mol. The van der Waals surface area contributed by atoms with E-state index in [0.717, 1.165) is 29.7 Å². The molecule has 2 heterocycles. The van der Waals surface area contributed by atoms with E-state index < -0.39 is 5.91 Å². The van der Waals surface area contributed by atoms with Gasteiger partial charge in [0, 0.05) is 43.7 Å². The van der Waals surface area contributed by atoms with E-state index in [1.54, 1.807) is 18.5 Å². The van der Waals surface area contributed by atoms with Crippen molar-refractivity contribution >= 4 is 11.8 Å². The van der Waals surface area contributed by atoms with Crippen LogP contribution in [-0.4, -0.2) is 45.0 Å². The van der Waals surface area contributed by atoms with Gasteiger partial charge in [-0.15, -0.1) is 0 Å². The lowest BCUT2D eigenvalue weighted by molar-refractivity contribution is -0.132. The number of hydrogen-bond acceptors (Lipinski definition) is 4. The van der Waals surface area contributed by atoms with Crippen LogP contribution in [0.3, 0.4) is 0 Å². The first-order chi connectivity index (χ1) is 15.9. The van der Waals surface area contributed by atoms with Crippen LogP contribution in [0.5, 0.6) is 5.75 Å². The number of rotatable bonds is 6. The number of carbonyl (C=O) groups is 2. The van der Waals surface area contributed by atoms with Crippen LogP contribution in [0, 0.1) is 12.8 Å². The second kappa shape index (κ2) is 8.39. The van der Waals surface area contributed by atoms with Crippen LogP contribution in [0.15, 0.2) is 55.0 Å². The molecule has 2 aliphatic rings. The van der Waals surface area contributed by atoms with E-state index in [-0.39, 0.29) is 24.0 Å². The number of likely N-dealkylation sites (tertiary alicyclic amines) is 1. The molecule has 7 heteroatoms. The summed E-state index contributed by atoms with van der Waals surface area (Å²) in [6.07, 6.45) is 5.67. The molecule has 2 N–H and O–H groups in total. The number of primary amides is 1. The van der Waals surface area contributed by atoms with Gasteiger partial charge in [-0.25, -0.2) is 4.98 Å². The maximum absolute atomic E-state index is 12.9. The van der Waals surface area contributed by atoms with Gasteiger partial charge in [0.2, 0.25) is 5.91 Å². The van der Waals surface area contributed by atoms with Gasteiger partial charge in [0.25, 0.3) is 5.91 Å². The number of nitrogens with zero attached hydrogens (tertiary/aromatic N) is 3. The van der Waals surface area contributed by atoms with Crippen LogP contribution < -0.4 is 10.5 Å². The fraction of sp³-hybridized carbons (Fsp3) is 0.346. The van der Waals surface area contributed by atoms with Crippen LogP contribution in [0.25, 0.3) is 11.3 Å². The Morgan fingerprint density at radius 2 is 1.97 bits per heavy atom. The number of benzene rings is 2. The van der Waals surface area contributed by atoms with Gasteiger partial charge in [-0.3, -0.25) is 9.59 Å². The topological polar surface area (TPSA) is 90.4 Å². The second-order valence-electron chi connectivity index (χ2n) is 9.16. The van der Waals surface area contributed by atoms with Gasteiger partial charge < -0.3 is 19.9 Å². The van der Waals surface area contributed by atoms with Crippen molar-refractivity contribution in [1.82, 2.24) is 14.5 Å². The minimum absolute atomic E-state index is 0.0303. The minimum atomic E-state index is -0.527. The highest BCUT2D eigenvalue weighted by atomic mass is 16.5. The third-order valence-electron chi connectivity index (χ3n) is 6.66. The molecule has 3 aromatic rings. The summed E-state index contributed by atoms with van der Waals surface area (Å²) in [6.45, 7) is 2.70. The third-order valence-corrected chi connectivity index (χ3v) is 6.66. The zero-order valence-electron chi connectivity index (χ0n) is 18.9. The lowest BCUT2D eigenvalue weighted by Crippen LogP contribution is -2.43. The Morgan fingerprint density at radius 3 is 2.67 bits per heavy atom. The molecule has 170 valence electrons. The van der Waals surface area contributed by atoms with E-state index in [1.165, 1.54) is 5.56 Å². The number of nitrogens with two attached hydrogens (primary N) is 1. The fourth-order valence-electron chi connectivity index (χ4n) is 4.75.